The fraction of sp³-hybridized carbons (Fsp3) is 0.286. The van der Waals surface area contributed by atoms with Gasteiger partial charge >= 0.3 is 0 Å². The van der Waals surface area contributed by atoms with Crippen molar-refractivity contribution in [3.63, 3.8) is 0 Å². The zero-order chi connectivity index (χ0) is 12.4. The van der Waals surface area contributed by atoms with E-state index in [2.05, 4.69) is 17.1 Å². The summed E-state index contributed by atoms with van der Waals surface area (Å²) < 4.78 is 0. The van der Waals surface area contributed by atoms with Gasteiger partial charge in [0.1, 0.15) is 5.69 Å². The maximum atomic E-state index is 12.4. The molecule has 1 aromatic carbocycles. The average Bonchev–Trinajstić information content (AvgIpc) is 3.10. The third-order valence-corrected chi connectivity index (χ3v) is 3.68. The van der Waals surface area contributed by atoms with E-state index in [0.717, 1.165) is 12.8 Å². The molecule has 0 unspecified atom stereocenters. The van der Waals surface area contributed by atoms with Crippen LogP contribution < -0.4 is 0 Å². The fourth-order valence-corrected chi connectivity index (χ4v) is 2.52. The smallest absolute Gasteiger partial charge is 0.273 e. The van der Waals surface area contributed by atoms with Gasteiger partial charge in [0.15, 0.2) is 0 Å². The summed E-state index contributed by atoms with van der Waals surface area (Å²) in [6.07, 6.45) is 2.23. The van der Waals surface area contributed by atoms with E-state index >= 15 is 0 Å². The summed E-state index contributed by atoms with van der Waals surface area (Å²) in [4.78, 5) is 18.4. The molecule has 0 N–H and O–H groups in total. The zero-order valence-corrected chi connectivity index (χ0v) is 10.8. The summed E-state index contributed by atoms with van der Waals surface area (Å²) in [5, 5.41) is 1.82. The van der Waals surface area contributed by atoms with Crippen molar-refractivity contribution in [3.05, 3.63) is 52.5 Å². The molecule has 0 radical (unpaired) electrons. The number of thiazole rings is 1. The predicted molar refractivity (Wildman–Crippen MR) is 71.5 cm³/mol. The van der Waals surface area contributed by atoms with Crippen LogP contribution in [0.25, 0.3) is 0 Å². The third kappa shape index (κ3) is 2.43. The molecule has 1 aliphatic carbocycles. The predicted octanol–water partition coefficient (Wildman–Crippen LogP) is 2.95. The lowest BCUT2D eigenvalue weighted by Gasteiger charge is -2.21. The maximum Gasteiger partial charge on any atom is 0.273 e. The van der Waals surface area contributed by atoms with Crippen molar-refractivity contribution in [1.82, 2.24) is 9.88 Å². The molecule has 92 valence electrons. The molecule has 1 amide bonds. The Kier molecular flexibility index (Phi) is 3.11. The van der Waals surface area contributed by atoms with E-state index in [4.69, 9.17) is 0 Å². The van der Waals surface area contributed by atoms with Crippen LogP contribution in [0.5, 0.6) is 0 Å². The number of carbonyl (C=O) groups is 1. The molecule has 0 spiro atoms. The molecule has 18 heavy (non-hydrogen) atoms. The van der Waals surface area contributed by atoms with E-state index in [-0.39, 0.29) is 5.91 Å². The topological polar surface area (TPSA) is 33.2 Å². The number of rotatable bonds is 4. The van der Waals surface area contributed by atoms with Gasteiger partial charge in [0, 0.05) is 18.0 Å². The van der Waals surface area contributed by atoms with Crippen LogP contribution in [0.4, 0.5) is 0 Å². The first-order chi connectivity index (χ1) is 8.84. The van der Waals surface area contributed by atoms with E-state index in [9.17, 15) is 4.79 Å². The van der Waals surface area contributed by atoms with Crippen LogP contribution in [0.1, 0.15) is 28.9 Å². The largest absolute Gasteiger partial charge is 0.330 e. The molecule has 3 rings (SSSR count). The zero-order valence-electron chi connectivity index (χ0n) is 9.95. The molecule has 3 nitrogen and oxygen atoms in total. The van der Waals surface area contributed by atoms with Gasteiger partial charge in [-0.1, -0.05) is 30.3 Å². The van der Waals surface area contributed by atoms with Gasteiger partial charge in [0.25, 0.3) is 5.91 Å². The van der Waals surface area contributed by atoms with Crippen LogP contribution >= 0.6 is 11.3 Å². The van der Waals surface area contributed by atoms with Gasteiger partial charge in [0.2, 0.25) is 0 Å². The van der Waals surface area contributed by atoms with Crippen molar-refractivity contribution in [2.75, 3.05) is 0 Å². The molecule has 0 bridgehead atoms. The van der Waals surface area contributed by atoms with E-state index in [1.165, 1.54) is 16.9 Å². The molecule has 1 fully saturated rings. The van der Waals surface area contributed by atoms with Gasteiger partial charge in [-0.3, -0.25) is 4.79 Å². The highest BCUT2D eigenvalue weighted by Gasteiger charge is 2.33. The van der Waals surface area contributed by atoms with Crippen LogP contribution in [0.2, 0.25) is 0 Å². The Morgan fingerprint density at radius 1 is 1.33 bits per heavy atom. The summed E-state index contributed by atoms with van der Waals surface area (Å²) in [6.45, 7) is 0.682. The van der Waals surface area contributed by atoms with E-state index in [0.29, 0.717) is 18.3 Å². The van der Waals surface area contributed by atoms with Gasteiger partial charge < -0.3 is 4.90 Å². The van der Waals surface area contributed by atoms with Gasteiger partial charge in [-0.2, -0.15) is 0 Å². The number of carbonyl (C=O) groups excluding carboxylic acids is 1. The monoisotopic (exact) mass is 258 g/mol. The highest BCUT2D eigenvalue weighted by molar-refractivity contribution is 7.07. The number of nitrogens with zero attached hydrogens (tertiary/aromatic N) is 2. The van der Waals surface area contributed by atoms with Gasteiger partial charge in [-0.15, -0.1) is 11.3 Å². The Morgan fingerprint density at radius 3 is 2.72 bits per heavy atom. The lowest BCUT2D eigenvalue weighted by molar-refractivity contribution is 0.0725. The SMILES string of the molecule is O=C(c1cscn1)N(Cc1ccccc1)C1CC1. The number of hydrogen-bond donors (Lipinski definition) is 0. The van der Waals surface area contributed by atoms with E-state index < -0.39 is 0 Å². The van der Waals surface area contributed by atoms with E-state index in [1.54, 1.807) is 5.51 Å². The number of hydrogen-bond acceptors (Lipinski definition) is 3. The number of aromatic nitrogens is 1. The van der Waals surface area contributed by atoms with Crippen molar-refractivity contribution in [3.8, 4) is 0 Å². The molecule has 1 saturated carbocycles. The minimum atomic E-state index is 0.0580. The summed E-state index contributed by atoms with van der Waals surface area (Å²) >= 11 is 1.47. The Balaban J connectivity index is 1.79. The summed E-state index contributed by atoms with van der Waals surface area (Å²) in [6, 6.07) is 10.5. The molecular weight excluding hydrogens is 244 g/mol. The number of benzene rings is 1. The molecule has 1 aromatic heterocycles. The summed E-state index contributed by atoms with van der Waals surface area (Å²) in [7, 11) is 0. The fourth-order valence-electron chi connectivity index (χ4n) is 2.00. The minimum Gasteiger partial charge on any atom is -0.330 e. The molecule has 1 aliphatic rings. The number of amides is 1. The molecule has 4 heteroatoms. The first-order valence-electron chi connectivity index (χ1n) is 6.07. The molecule has 0 saturated heterocycles. The van der Waals surface area contributed by atoms with Gasteiger partial charge in [-0.05, 0) is 18.4 Å². The van der Waals surface area contributed by atoms with Crippen molar-refractivity contribution >= 4 is 17.2 Å². The second kappa shape index (κ2) is 4.90. The highest BCUT2D eigenvalue weighted by Crippen LogP contribution is 2.29. The summed E-state index contributed by atoms with van der Waals surface area (Å²) in [5.74, 6) is 0.0580. The Bertz CT molecular complexity index is 520. The highest BCUT2D eigenvalue weighted by atomic mass is 32.1. The van der Waals surface area contributed by atoms with Crippen LogP contribution in [0.15, 0.2) is 41.2 Å². The first-order valence-corrected chi connectivity index (χ1v) is 7.02. The van der Waals surface area contributed by atoms with Crippen molar-refractivity contribution in [2.45, 2.75) is 25.4 Å². The maximum absolute atomic E-state index is 12.4. The summed E-state index contributed by atoms with van der Waals surface area (Å²) in [5.41, 5.74) is 3.46. The Labute approximate surface area is 110 Å². The molecule has 0 aliphatic heterocycles. The van der Waals surface area contributed by atoms with E-state index in [1.807, 2.05) is 28.5 Å². The quantitative estimate of drug-likeness (QED) is 0.844. The van der Waals surface area contributed by atoms with Crippen LogP contribution in [0, 0.1) is 0 Å². The second-order valence-electron chi connectivity index (χ2n) is 4.52. The molecule has 1 heterocycles. The molecule has 0 atom stereocenters. The molecular formula is C14H14N2OS. The van der Waals surface area contributed by atoms with Crippen LogP contribution in [-0.2, 0) is 6.54 Å². The molecule has 2 aromatic rings. The van der Waals surface area contributed by atoms with Crippen molar-refractivity contribution < 1.29 is 4.79 Å². The minimum absolute atomic E-state index is 0.0580. The normalized spacial score (nSPS) is 14.4. The van der Waals surface area contributed by atoms with Gasteiger partial charge in [0.05, 0.1) is 5.51 Å². The van der Waals surface area contributed by atoms with Gasteiger partial charge in [-0.25, -0.2) is 4.98 Å². The van der Waals surface area contributed by atoms with Crippen LogP contribution in [-0.4, -0.2) is 21.8 Å². The van der Waals surface area contributed by atoms with Crippen LogP contribution in [0.3, 0.4) is 0 Å². The lowest BCUT2D eigenvalue weighted by Crippen LogP contribution is -2.32. The lowest BCUT2D eigenvalue weighted by atomic mass is 10.2. The standard InChI is InChI=1S/C14H14N2OS/c17-14(13-9-18-10-15-13)16(12-6-7-12)8-11-4-2-1-3-5-11/h1-5,9-10,12H,6-8H2. The Hall–Kier alpha value is -1.68. The Morgan fingerprint density at radius 2 is 2.11 bits per heavy atom. The second-order valence-corrected chi connectivity index (χ2v) is 5.24. The first kappa shape index (κ1) is 11.4. The average molecular weight is 258 g/mol. The van der Waals surface area contributed by atoms with Crippen molar-refractivity contribution in [2.24, 2.45) is 0 Å². The third-order valence-electron chi connectivity index (χ3n) is 3.10. The van der Waals surface area contributed by atoms with Crippen molar-refractivity contribution in [1.29, 1.82) is 0 Å².